The molecular weight excluding hydrogens is 325 g/mol. The summed E-state index contributed by atoms with van der Waals surface area (Å²) in [5.74, 6) is -0.662. The second-order valence-corrected chi connectivity index (χ2v) is 5.96. The molecule has 0 heterocycles. The van der Waals surface area contributed by atoms with Crippen LogP contribution < -0.4 is 10.6 Å². The standard InChI is InChI=1S/C16H21F3N2O3/c1-10(2)24-14(23)21-15(4,16(17,18)19)9-20-13(22)12-7-5-11(3)6-8-12/h5-8,10H,9H2,1-4H3,(H,20,22)(H,21,23). The van der Waals surface area contributed by atoms with Crippen molar-refractivity contribution in [2.24, 2.45) is 0 Å². The number of aryl methyl sites for hydroxylation is 1. The number of halogens is 3. The lowest BCUT2D eigenvalue weighted by Gasteiger charge is -2.33. The van der Waals surface area contributed by atoms with Gasteiger partial charge in [0.1, 0.15) is 0 Å². The van der Waals surface area contributed by atoms with Crippen LogP contribution in [0.25, 0.3) is 0 Å². The molecule has 1 atom stereocenters. The summed E-state index contributed by atoms with van der Waals surface area (Å²) in [6, 6.07) is 6.37. The van der Waals surface area contributed by atoms with Crippen LogP contribution >= 0.6 is 0 Å². The molecular formula is C16H21F3N2O3. The van der Waals surface area contributed by atoms with E-state index < -0.39 is 36.4 Å². The SMILES string of the molecule is Cc1ccc(C(=O)NCC(C)(NC(=O)OC(C)C)C(F)(F)F)cc1. The number of benzene rings is 1. The quantitative estimate of drug-likeness (QED) is 0.860. The van der Waals surface area contributed by atoms with Gasteiger partial charge < -0.3 is 15.4 Å². The third-order valence-electron chi connectivity index (χ3n) is 3.26. The van der Waals surface area contributed by atoms with Gasteiger partial charge in [-0.1, -0.05) is 17.7 Å². The molecule has 0 aromatic heterocycles. The van der Waals surface area contributed by atoms with Gasteiger partial charge in [0.15, 0.2) is 5.54 Å². The molecule has 1 rings (SSSR count). The van der Waals surface area contributed by atoms with Gasteiger partial charge in [-0.05, 0) is 39.8 Å². The van der Waals surface area contributed by atoms with Crippen LogP contribution in [-0.2, 0) is 4.74 Å². The Kier molecular flexibility index (Phi) is 6.22. The Morgan fingerprint density at radius 1 is 1.17 bits per heavy atom. The first-order valence-corrected chi connectivity index (χ1v) is 7.35. The summed E-state index contributed by atoms with van der Waals surface area (Å²) < 4.78 is 44.5. The van der Waals surface area contributed by atoms with Crippen LogP contribution in [0.5, 0.6) is 0 Å². The Balaban J connectivity index is 2.81. The lowest BCUT2D eigenvalue weighted by atomic mass is 10.0. The van der Waals surface area contributed by atoms with Gasteiger partial charge >= 0.3 is 12.3 Å². The molecule has 2 N–H and O–H groups in total. The highest BCUT2D eigenvalue weighted by atomic mass is 19.4. The largest absolute Gasteiger partial charge is 0.447 e. The molecule has 1 unspecified atom stereocenters. The van der Waals surface area contributed by atoms with Crippen molar-refractivity contribution in [3.05, 3.63) is 35.4 Å². The summed E-state index contributed by atoms with van der Waals surface area (Å²) in [5.41, 5.74) is -1.50. The molecule has 0 aliphatic rings. The summed E-state index contributed by atoms with van der Waals surface area (Å²) in [5, 5.41) is 3.97. The highest BCUT2D eigenvalue weighted by Crippen LogP contribution is 2.30. The van der Waals surface area contributed by atoms with Crippen molar-refractivity contribution in [2.45, 2.75) is 45.5 Å². The third-order valence-corrected chi connectivity index (χ3v) is 3.26. The summed E-state index contributed by atoms with van der Waals surface area (Å²) in [7, 11) is 0. The predicted molar refractivity (Wildman–Crippen MR) is 82.7 cm³/mol. The number of hydrogen-bond donors (Lipinski definition) is 2. The van der Waals surface area contributed by atoms with Crippen LogP contribution in [0.4, 0.5) is 18.0 Å². The normalized spacial score (nSPS) is 14.0. The van der Waals surface area contributed by atoms with Crippen molar-refractivity contribution in [3.8, 4) is 0 Å². The van der Waals surface area contributed by atoms with E-state index in [0.29, 0.717) is 0 Å². The van der Waals surface area contributed by atoms with Gasteiger partial charge in [0.2, 0.25) is 0 Å². The Labute approximate surface area is 138 Å². The van der Waals surface area contributed by atoms with E-state index in [9.17, 15) is 22.8 Å². The van der Waals surface area contributed by atoms with Crippen molar-refractivity contribution in [1.82, 2.24) is 10.6 Å². The van der Waals surface area contributed by atoms with Crippen LogP contribution in [0.1, 0.15) is 36.7 Å². The van der Waals surface area contributed by atoms with Crippen molar-refractivity contribution in [2.75, 3.05) is 6.54 Å². The first kappa shape index (κ1) is 19.8. The maximum Gasteiger partial charge on any atom is 0.413 e. The highest BCUT2D eigenvalue weighted by Gasteiger charge is 2.52. The number of carbonyl (C=O) groups is 2. The molecule has 134 valence electrons. The van der Waals surface area contributed by atoms with Crippen molar-refractivity contribution in [3.63, 3.8) is 0 Å². The van der Waals surface area contributed by atoms with Crippen LogP contribution in [0.2, 0.25) is 0 Å². The molecule has 24 heavy (non-hydrogen) atoms. The molecule has 0 aliphatic carbocycles. The smallest absolute Gasteiger partial charge is 0.413 e. The number of carbonyl (C=O) groups excluding carboxylic acids is 2. The molecule has 1 aromatic carbocycles. The fourth-order valence-electron chi connectivity index (χ4n) is 1.75. The second kappa shape index (κ2) is 7.55. The molecule has 1 aromatic rings. The van der Waals surface area contributed by atoms with E-state index in [4.69, 9.17) is 0 Å². The fraction of sp³-hybridized carbons (Fsp3) is 0.500. The van der Waals surface area contributed by atoms with E-state index in [1.54, 1.807) is 17.4 Å². The van der Waals surface area contributed by atoms with Crippen LogP contribution in [0.3, 0.4) is 0 Å². The molecule has 8 heteroatoms. The predicted octanol–water partition coefficient (Wildman–Crippen LogP) is 3.18. The molecule has 2 amide bonds. The maximum atomic E-state index is 13.3. The summed E-state index contributed by atoms with van der Waals surface area (Å²) in [6.45, 7) is 4.82. The summed E-state index contributed by atoms with van der Waals surface area (Å²) >= 11 is 0. The van der Waals surface area contributed by atoms with Crippen molar-refractivity contribution in [1.29, 1.82) is 0 Å². The zero-order chi connectivity index (χ0) is 18.5. The van der Waals surface area contributed by atoms with Gasteiger partial charge in [-0.3, -0.25) is 4.79 Å². The molecule has 0 fully saturated rings. The summed E-state index contributed by atoms with van der Waals surface area (Å²) in [6.07, 6.45) is -6.54. The Bertz CT molecular complexity index is 585. The molecule has 0 saturated carbocycles. The van der Waals surface area contributed by atoms with E-state index in [0.717, 1.165) is 12.5 Å². The third kappa shape index (κ3) is 5.43. The van der Waals surface area contributed by atoms with E-state index >= 15 is 0 Å². The Hall–Kier alpha value is -2.25. The van der Waals surface area contributed by atoms with Crippen LogP contribution in [0.15, 0.2) is 24.3 Å². The van der Waals surface area contributed by atoms with Crippen LogP contribution in [-0.4, -0.2) is 36.4 Å². The lowest BCUT2D eigenvalue weighted by Crippen LogP contribution is -2.62. The Morgan fingerprint density at radius 3 is 2.17 bits per heavy atom. The minimum atomic E-state index is -4.77. The number of alkyl carbamates (subject to hydrolysis) is 1. The average molecular weight is 346 g/mol. The van der Waals surface area contributed by atoms with Gasteiger partial charge in [0, 0.05) is 12.1 Å². The van der Waals surface area contributed by atoms with Gasteiger partial charge in [0.05, 0.1) is 6.10 Å². The second-order valence-electron chi connectivity index (χ2n) is 5.96. The molecule has 0 spiro atoms. The number of nitrogens with one attached hydrogen (secondary N) is 2. The van der Waals surface area contributed by atoms with E-state index in [1.807, 2.05) is 6.92 Å². The average Bonchev–Trinajstić information content (AvgIpc) is 2.43. The first-order chi connectivity index (χ1) is 10.9. The van der Waals surface area contributed by atoms with Gasteiger partial charge in [0.25, 0.3) is 5.91 Å². The number of amides is 2. The maximum absolute atomic E-state index is 13.3. The van der Waals surface area contributed by atoms with Gasteiger partial charge in [-0.2, -0.15) is 13.2 Å². The van der Waals surface area contributed by atoms with E-state index in [2.05, 4.69) is 10.1 Å². The van der Waals surface area contributed by atoms with E-state index in [-0.39, 0.29) is 5.56 Å². The van der Waals surface area contributed by atoms with Gasteiger partial charge in [-0.25, -0.2) is 4.79 Å². The fourth-order valence-corrected chi connectivity index (χ4v) is 1.75. The van der Waals surface area contributed by atoms with E-state index in [1.165, 1.54) is 26.0 Å². The van der Waals surface area contributed by atoms with Gasteiger partial charge in [-0.15, -0.1) is 0 Å². The zero-order valence-electron chi connectivity index (χ0n) is 14.0. The molecule has 0 radical (unpaired) electrons. The van der Waals surface area contributed by atoms with Crippen molar-refractivity contribution < 1.29 is 27.5 Å². The number of alkyl halides is 3. The monoisotopic (exact) mass is 346 g/mol. The molecule has 0 saturated heterocycles. The first-order valence-electron chi connectivity index (χ1n) is 7.35. The minimum Gasteiger partial charge on any atom is -0.447 e. The van der Waals surface area contributed by atoms with Crippen LogP contribution in [0, 0.1) is 6.92 Å². The topological polar surface area (TPSA) is 67.4 Å². The van der Waals surface area contributed by atoms with Crippen molar-refractivity contribution >= 4 is 12.0 Å². The minimum absolute atomic E-state index is 0.231. The Morgan fingerprint density at radius 2 is 1.71 bits per heavy atom. The highest BCUT2D eigenvalue weighted by molar-refractivity contribution is 5.94. The molecule has 0 aliphatic heterocycles. The number of rotatable bonds is 5. The molecule has 0 bridgehead atoms. The zero-order valence-corrected chi connectivity index (χ0v) is 14.0. The number of ether oxygens (including phenoxy) is 1. The lowest BCUT2D eigenvalue weighted by molar-refractivity contribution is -0.187. The number of hydrogen-bond acceptors (Lipinski definition) is 3. The summed E-state index contributed by atoms with van der Waals surface area (Å²) in [4.78, 5) is 23.5. The molecule has 5 nitrogen and oxygen atoms in total.